The molecular weight excluding hydrogens is 387 g/mol. The van der Waals surface area contributed by atoms with Crippen LogP contribution in [0.5, 0.6) is 0 Å². The smallest absolute Gasteiger partial charge is 0.293 e. The van der Waals surface area contributed by atoms with Gasteiger partial charge in [-0.05, 0) is 73.4 Å². The Bertz CT molecular complexity index is 995. The summed E-state index contributed by atoms with van der Waals surface area (Å²) in [6, 6.07) is 11.0. The minimum absolute atomic E-state index is 0.240. The fourth-order valence-corrected chi connectivity index (χ4v) is 4.52. The van der Waals surface area contributed by atoms with Gasteiger partial charge in [-0.3, -0.25) is 14.5 Å². The largest absolute Gasteiger partial charge is 0.369 e. The van der Waals surface area contributed by atoms with Crippen LogP contribution in [0.3, 0.4) is 0 Å². The summed E-state index contributed by atoms with van der Waals surface area (Å²) in [7, 11) is 0. The summed E-state index contributed by atoms with van der Waals surface area (Å²) in [5.74, 6) is -0.619. The van der Waals surface area contributed by atoms with E-state index in [1.54, 1.807) is 6.08 Å². The van der Waals surface area contributed by atoms with Gasteiger partial charge in [-0.2, -0.15) is 0 Å². The molecule has 0 atom stereocenters. The van der Waals surface area contributed by atoms with Gasteiger partial charge in [0.1, 0.15) is 5.82 Å². The number of carbonyl (C=O) groups excluding carboxylic acids is 2. The van der Waals surface area contributed by atoms with Gasteiger partial charge < -0.3 is 4.90 Å². The van der Waals surface area contributed by atoms with E-state index in [-0.39, 0.29) is 23.5 Å². The quantitative estimate of drug-likeness (QED) is 0.643. The van der Waals surface area contributed by atoms with Gasteiger partial charge in [0.25, 0.3) is 11.1 Å². The predicted octanol–water partition coefficient (Wildman–Crippen LogP) is 5.28. The highest BCUT2D eigenvalue weighted by Crippen LogP contribution is 2.35. The molecule has 2 aromatic carbocycles. The molecule has 6 heteroatoms. The average molecular weight is 411 g/mol. The van der Waals surface area contributed by atoms with Crippen LogP contribution in [-0.2, 0) is 11.3 Å². The molecule has 4 nitrogen and oxygen atoms in total. The van der Waals surface area contributed by atoms with Gasteiger partial charge >= 0.3 is 0 Å². The van der Waals surface area contributed by atoms with Crippen LogP contribution in [0.15, 0.2) is 41.3 Å². The number of halogens is 1. The molecule has 0 N–H and O–H groups in total. The summed E-state index contributed by atoms with van der Waals surface area (Å²) in [4.78, 5) is 28.8. The molecule has 4 rings (SSSR count). The Morgan fingerprint density at radius 2 is 1.76 bits per heavy atom. The fraction of sp³-hybridized carbons (Fsp3) is 0.304. The first-order valence-corrected chi connectivity index (χ1v) is 10.6. The minimum atomic E-state index is -0.330. The Morgan fingerprint density at radius 1 is 1.07 bits per heavy atom. The molecule has 0 radical (unpaired) electrons. The van der Waals surface area contributed by atoms with E-state index in [9.17, 15) is 14.0 Å². The molecule has 150 valence electrons. The van der Waals surface area contributed by atoms with Gasteiger partial charge in [-0.15, -0.1) is 0 Å². The Hall–Kier alpha value is -2.60. The number of imide groups is 1. The Kier molecular flexibility index (Phi) is 5.46. The average Bonchev–Trinajstić information content (AvgIpc) is 3.31. The first kappa shape index (κ1) is 19.7. The lowest BCUT2D eigenvalue weighted by Gasteiger charge is -2.19. The highest BCUT2D eigenvalue weighted by atomic mass is 32.2. The summed E-state index contributed by atoms with van der Waals surface area (Å²) >= 11 is 0.909. The van der Waals surface area contributed by atoms with E-state index < -0.39 is 0 Å². The van der Waals surface area contributed by atoms with E-state index in [1.165, 1.54) is 11.0 Å². The first-order chi connectivity index (χ1) is 13.9. The molecule has 2 aliphatic rings. The fourth-order valence-electron chi connectivity index (χ4n) is 3.69. The van der Waals surface area contributed by atoms with Crippen LogP contribution < -0.4 is 4.90 Å². The maximum atomic E-state index is 14.7. The third-order valence-electron chi connectivity index (χ3n) is 5.40. The lowest BCUT2D eigenvalue weighted by Crippen LogP contribution is -2.27. The molecule has 29 heavy (non-hydrogen) atoms. The molecule has 2 fully saturated rings. The van der Waals surface area contributed by atoms with Gasteiger partial charge in [0, 0.05) is 13.1 Å². The van der Waals surface area contributed by atoms with Crippen LogP contribution in [0.4, 0.5) is 14.9 Å². The van der Waals surface area contributed by atoms with Crippen LogP contribution in [0.1, 0.15) is 35.1 Å². The maximum absolute atomic E-state index is 14.7. The van der Waals surface area contributed by atoms with Gasteiger partial charge in [0.05, 0.1) is 17.1 Å². The van der Waals surface area contributed by atoms with Crippen molar-refractivity contribution in [3.05, 3.63) is 69.4 Å². The zero-order valence-corrected chi connectivity index (χ0v) is 17.4. The summed E-state index contributed by atoms with van der Waals surface area (Å²) < 4.78 is 14.7. The minimum Gasteiger partial charge on any atom is -0.369 e. The van der Waals surface area contributed by atoms with Crippen molar-refractivity contribution in [1.82, 2.24) is 4.90 Å². The van der Waals surface area contributed by atoms with Crippen molar-refractivity contribution in [3.8, 4) is 0 Å². The molecule has 2 amide bonds. The second-order valence-corrected chi connectivity index (χ2v) is 8.60. The molecular formula is C23H23FN2O2S. The van der Waals surface area contributed by atoms with Crippen LogP contribution in [0, 0.1) is 19.7 Å². The van der Waals surface area contributed by atoms with E-state index in [2.05, 4.69) is 4.90 Å². The number of carbonyl (C=O) groups is 2. The summed E-state index contributed by atoms with van der Waals surface area (Å²) in [5, 5.41) is -0.298. The van der Waals surface area contributed by atoms with Gasteiger partial charge in [0.15, 0.2) is 0 Å². The number of nitrogens with zero attached hydrogens (tertiary/aromatic N) is 2. The Morgan fingerprint density at radius 3 is 2.45 bits per heavy atom. The maximum Gasteiger partial charge on any atom is 0.293 e. The van der Waals surface area contributed by atoms with Crippen molar-refractivity contribution in [1.29, 1.82) is 0 Å². The van der Waals surface area contributed by atoms with Crippen molar-refractivity contribution in [3.63, 3.8) is 0 Å². The second kappa shape index (κ2) is 8.03. The van der Waals surface area contributed by atoms with Crippen LogP contribution in [0.25, 0.3) is 6.08 Å². The molecule has 0 aromatic heterocycles. The predicted molar refractivity (Wildman–Crippen MR) is 115 cm³/mol. The zero-order valence-electron chi connectivity index (χ0n) is 16.6. The van der Waals surface area contributed by atoms with Crippen molar-refractivity contribution >= 4 is 34.7 Å². The van der Waals surface area contributed by atoms with E-state index in [4.69, 9.17) is 0 Å². The van der Waals surface area contributed by atoms with Gasteiger partial charge in [0.2, 0.25) is 0 Å². The standard InChI is InChI=1S/C23H23FN2O2S/c1-15-5-7-17(8-6-15)14-26-22(27)21(29-23(26)28)13-18-12-19(24)20(11-16(18)2)25-9-3-4-10-25/h5-8,11-13H,3-4,9-10,14H2,1-2H3. The number of thioether (sulfide) groups is 1. The number of hydrogen-bond acceptors (Lipinski definition) is 4. The van der Waals surface area contributed by atoms with E-state index >= 15 is 0 Å². The summed E-state index contributed by atoms with van der Waals surface area (Å²) in [5.41, 5.74) is 4.16. The number of anilines is 1. The molecule has 0 saturated carbocycles. The topological polar surface area (TPSA) is 40.6 Å². The van der Waals surface area contributed by atoms with Crippen LogP contribution in [-0.4, -0.2) is 29.1 Å². The van der Waals surface area contributed by atoms with E-state index in [0.29, 0.717) is 16.2 Å². The van der Waals surface area contributed by atoms with Gasteiger partial charge in [-0.1, -0.05) is 29.8 Å². The Balaban J connectivity index is 1.56. The van der Waals surface area contributed by atoms with E-state index in [1.807, 2.05) is 44.2 Å². The number of amides is 2. The molecule has 0 bridgehead atoms. The molecule has 2 aromatic rings. The van der Waals surface area contributed by atoms with Crippen LogP contribution in [0.2, 0.25) is 0 Å². The van der Waals surface area contributed by atoms with Crippen molar-refractivity contribution < 1.29 is 14.0 Å². The molecule has 2 aliphatic heterocycles. The number of rotatable bonds is 4. The number of benzene rings is 2. The lowest BCUT2D eigenvalue weighted by atomic mass is 10.1. The summed E-state index contributed by atoms with van der Waals surface area (Å²) in [6.07, 6.45) is 3.79. The highest BCUT2D eigenvalue weighted by molar-refractivity contribution is 8.18. The molecule has 0 spiro atoms. The molecule has 0 aliphatic carbocycles. The SMILES string of the molecule is Cc1ccc(CN2C(=O)SC(=Cc3cc(F)c(N4CCCC4)cc3C)C2=O)cc1. The first-order valence-electron chi connectivity index (χ1n) is 9.78. The number of aryl methyl sites for hydroxylation is 2. The second-order valence-electron chi connectivity index (χ2n) is 7.61. The lowest BCUT2D eigenvalue weighted by molar-refractivity contribution is -0.123. The van der Waals surface area contributed by atoms with E-state index in [0.717, 1.165) is 54.4 Å². The third-order valence-corrected chi connectivity index (χ3v) is 6.31. The molecule has 2 saturated heterocycles. The summed E-state index contributed by atoms with van der Waals surface area (Å²) in [6.45, 7) is 5.87. The molecule has 0 unspecified atom stereocenters. The van der Waals surface area contributed by atoms with Crippen molar-refractivity contribution in [2.45, 2.75) is 33.2 Å². The molecule has 2 heterocycles. The monoisotopic (exact) mass is 410 g/mol. The van der Waals surface area contributed by atoms with Crippen molar-refractivity contribution in [2.24, 2.45) is 0 Å². The third kappa shape index (κ3) is 4.08. The number of hydrogen-bond donors (Lipinski definition) is 0. The normalized spacial score (nSPS) is 18.4. The van der Waals surface area contributed by atoms with Gasteiger partial charge in [-0.25, -0.2) is 4.39 Å². The van der Waals surface area contributed by atoms with Crippen LogP contribution >= 0.6 is 11.8 Å². The zero-order chi connectivity index (χ0) is 20.5. The highest BCUT2D eigenvalue weighted by Gasteiger charge is 2.35. The Labute approximate surface area is 174 Å². The van der Waals surface area contributed by atoms with Crippen molar-refractivity contribution in [2.75, 3.05) is 18.0 Å².